The summed E-state index contributed by atoms with van der Waals surface area (Å²) in [5, 5.41) is 4.02. The molecule has 0 bridgehead atoms. The first-order chi connectivity index (χ1) is 12.1. The smallest absolute Gasteiger partial charge is 0.254 e. The summed E-state index contributed by atoms with van der Waals surface area (Å²) in [5.41, 5.74) is 2.69. The third-order valence-corrected chi connectivity index (χ3v) is 4.39. The Balaban J connectivity index is 1.75. The van der Waals surface area contributed by atoms with Crippen molar-refractivity contribution in [1.82, 2.24) is 15.0 Å². The van der Waals surface area contributed by atoms with Crippen molar-refractivity contribution in [2.75, 3.05) is 6.54 Å². The van der Waals surface area contributed by atoms with Crippen molar-refractivity contribution in [3.05, 3.63) is 70.0 Å². The van der Waals surface area contributed by atoms with Gasteiger partial charge in [0.1, 0.15) is 6.54 Å². The summed E-state index contributed by atoms with van der Waals surface area (Å²) in [7, 11) is 0. The van der Waals surface area contributed by atoms with Crippen LogP contribution in [-0.2, 0) is 6.54 Å². The van der Waals surface area contributed by atoms with Gasteiger partial charge in [0.25, 0.3) is 5.91 Å². The number of rotatable bonds is 5. The van der Waals surface area contributed by atoms with E-state index in [1.54, 1.807) is 17.0 Å². The molecule has 0 spiro atoms. The number of aromatic nitrogens is 2. The Morgan fingerprint density at radius 2 is 1.80 bits per heavy atom. The molecule has 128 valence electrons. The van der Waals surface area contributed by atoms with Gasteiger partial charge in [0.2, 0.25) is 11.7 Å². The summed E-state index contributed by atoms with van der Waals surface area (Å²) in [5.74, 6) is 0.884. The molecule has 0 aliphatic rings. The maximum atomic E-state index is 12.6. The van der Waals surface area contributed by atoms with Crippen LogP contribution < -0.4 is 0 Å². The molecule has 0 radical (unpaired) electrons. The highest BCUT2D eigenvalue weighted by atomic mass is 79.9. The molecule has 0 fully saturated rings. The van der Waals surface area contributed by atoms with Crippen molar-refractivity contribution in [1.29, 1.82) is 0 Å². The van der Waals surface area contributed by atoms with E-state index in [1.165, 1.54) is 5.56 Å². The van der Waals surface area contributed by atoms with Crippen molar-refractivity contribution in [2.45, 2.75) is 20.4 Å². The first-order valence-electron chi connectivity index (χ1n) is 8.01. The fourth-order valence-corrected chi connectivity index (χ4v) is 2.67. The number of benzene rings is 2. The number of carbonyl (C=O) groups excluding carboxylic acids is 1. The molecule has 1 aromatic heterocycles. The van der Waals surface area contributed by atoms with E-state index in [4.69, 9.17) is 4.52 Å². The van der Waals surface area contributed by atoms with E-state index in [2.05, 4.69) is 26.1 Å². The van der Waals surface area contributed by atoms with E-state index in [1.807, 2.05) is 50.2 Å². The second-order valence-electron chi connectivity index (χ2n) is 5.70. The third kappa shape index (κ3) is 4.14. The Morgan fingerprint density at radius 3 is 2.44 bits per heavy atom. The third-order valence-electron chi connectivity index (χ3n) is 3.86. The number of amides is 1. The minimum atomic E-state index is -0.0647. The van der Waals surface area contributed by atoms with Crippen LogP contribution in [0.5, 0.6) is 0 Å². The quantitative estimate of drug-likeness (QED) is 0.634. The predicted molar refractivity (Wildman–Crippen MR) is 99.0 cm³/mol. The zero-order valence-electron chi connectivity index (χ0n) is 14.1. The normalized spacial score (nSPS) is 10.7. The first-order valence-corrected chi connectivity index (χ1v) is 8.80. The summed E-state index contributed by atoms with van der Waals surface area (Å²) >= 11 is 3.37. The van der Waals surface area contributed by atoms with E-state index >= 15 is 0 Å². The largest absolute Gasteiger partial charge is 0.337 e. The molecule has 0 saturated carbocycles. The fourth-order valence-electron chi connectivity index (χ4n) is 2.40. The number of halogens is 1. The lowest BCUT2D eigenvalue weighted by atomic mass is 10.1. The molecule has 0 atom stereocenters. The van der Waals surface area contributed by atoms with Gasteiger partial charge >= 0.3 is 0 Å². The molecular weight excluding hydrogens is 382 g/mol. The monoisotopic (exact) mass is 399 g/mol. The van der Waals surface area contributed by atoms with Crippen LogP contribution in [0.1, 0.15) is 28.7 Å². The van der Waals surface area contributed by atoms with Crippen LogP contribution in [0.2, 0.25) is 0 Å². The van der Waals surface area contributed by atoms with Gasteiger partial charge in [-0.05, 0) is 38.1 Å². The van der Waals surface area contributed by atoms with Crippen LogP contribution in [0.3, 0.4) is 0 Å². The maximum absolute atomic E-state index is 12.6. The van der Waals surface area contributed by atoms with Crippen LogP contribution in [0, 0.1) is 6.92 Å². The van der Waals surface area contributed by atoms with E-state index < -0.39 is 0 Å². The van der Waals surface area contributed by atoms with Crippen LogP contribution >= 0.6 is 15.9 Å². The lowest BCUT2D eigenvalue weighted by Crippen LogP contribution is -2.30. The van der Waals surface area contributed by atoms with Crippen LogP contribution in [0.4, 0.5) is 0 Å². The number of carbonyl (C=O) groups is 1. The Morgan fingerprint density at radius 1 is 1.12 bits per heavy atom. The highest BCUT2D eigenvalue weighted by Gasteiger charge is 2.18. The van der Waals surface area contributed by atoms with Crippen molar-refractivity contribution in [2.24, 2.45) is 0 Å². The lowest BCUT2D eigenvalue weighted by Gasteiger charge is -2.18. The molecular formula is C19H18BrN3O2. The minimum absolute atomic E-state index is 0.0647. The van der Waals surface area contributed by atoms with Crippen molar-refractivity contribution >= 4 is 21.8 Å². The SMILES string of the molecule is CCN(Cc1nc(-c2ccc(C)cc2)no1)C(=O)c1ccc(Br)cc1. The summed E-state index contributed by atoms with van der Waals surface area (Å²) in [4.78, 5) is 18.7. The molecule has 0 unspecified atom stereocenters. The van der Waals surface area contributed by atoms with Gasteiger partial charge in [0.05, 0.1) is 0 Å². The zero-order valence-corrected chi connectivity index (χ0v) is 15.7. The number of hydrogen-bond donors (Lipinski definition) is 0. The number of aryl methyl sites for hydroxylation is 1. The van der Waals surface area contributed by atoms with Gasteiger partial charge < -0.3 is 9.42 Å². The molecule has 1 amide bonds. The summed E-state index contributed by atoms with van der Waals surface area (Å²) in [6.07, 6.45) is 0. The highest BCUT2D eigenvalue weighted by molar-refractivity contribution is 9.10. The Labute approximate surface area is 154 Å². The summed E-state index contributed by atoms with van der Waals surface area (Å²) in [6, 6.07) is 15.2. The van der Waals surface area contributed by atoms with Crippen molar-refractivity contribution < 1.29 is 9.32 Å². The lowest BCUT2D eigenvalue weighted by molar-refractivity contribution is 0.0734. The zero-order chi connectivity index (χ0) is 17.8. The molecule has 25 heavy (non-hydrogen) atoms. The Hall–Kier alpha value is -2.47. The first kappa shape index (κ1) is 17.4. The topological polar surface area (TPSA) is 59.2 Å². The van der Waals surface area contributed by atoms with Crippen LogP contribution in [0.15, 0.2) is 57.5 Å². The van der Waals surface area contributed by atoms with Gasteiger partial charge in [-0.25, -0.2) is 0 Å². The standard InChI is InChI=1S/C19H18BrN3O2/c1-3-23(19(24)15-8-10-16(20)11-9-15)12-17-21-18(22-25-17)14-6-4-13(2)5-7-14/h4-11H,3,12H2,1-2H3. The Bertz CT molecular complexity index is 857. The van der Waals surface area contributed by atoms with Gasteiger partial charge in [-0.15, -0.1) is 0 Å². The fraction of sp³-hybridized carbons (Fsp3) is 0.211. The van der Waals surface area contributed by atoms with E-state index in [-0.39, 0.29) is 12.5 Å². The molecule has 3 rings (SSSR count). The number of nitrogens with zero attached hydrogens (tertiary/aromatic N) is 3. The second kappa shape index (κ2) is 7.61. The number of hydrogen-bond acceptors (Lipinski definition) is 4. The average molecular weight is 400 g/mol. The van der Waals surface area contributed by atoms with Gasteiger partial charge in [0, 0.05) is 22.1 Å². The molecule has 2 aromatic carbocycles. The molecule has 1 heterocycles. The molecule has 3 aromatic rings. The maximum Gasteiger partial charge on any atom is 0.254 e. The van der Waals surface area contributed by atoms with E-state index in [0.717, 1.165) is 10.0 Å². The van der Waals surface area contributed by atoms with Crippen LogP contribution in [-0.4, -0.2) is 27.5 Å². The van der Waals surface area contributed by atoms with Gasteiger partial charge in [-0.1, -0.05) is 50.9 Å². The minimum Gasteiger partial charge on any atom is -0.337 e. The molecule has 0 aliphatic heterocycles. The molecule has 5 nitrogen and oxygen atoms in total. The van der Waals surface area contributed by atoms with E-state index in [9.17, 15) is 4.79 Å². The average Bonchev–Trinajstić information content (AvgIpc) is 3.09. The highest BCUT2D eigenvalue weighted by Crippen LogP contribution is 2.18. The van der Waals surface area contributed by atoms with Gasteiger partial charge in [-0.2, -0.15) is 4.98 Å². The second-order valence-corrected chi connectivity index (χ2v) is 6.62. The summed E-state index contributed by atoms with van der Waals surface area (Å²) < 4.78 is 6.26. The Kier molecular flexibility index (Phi) is 5.28. The van der Waals surface area contributed by atoms with E-state index in [0.29, 0.717) is 23.8 Å². The molecule has 0 N–H and O–H groups in total. The predicted octanol–water partition coefficient (Wildman–Crippen LogP) is 4.47. The van der Waals surface area contributed by atoms with Gasteiger partial charge in [0.15, 0.2) is 0 Å². The summed E-state index contributed by atoms with van der Waals surface area (Å²) in [6.45, 7) is 4.79. The van der Waals surface area contributed by atoms with Gasteiger partial charge in [-0.3, -0.25) is 4.79 Å². The molecule has 6 heteroatoms. The molecule has 0 aliphatic carbocycles. The van der Waals surface area contributed by atoms with Crippen molar-refractivity contribution in [3.63, 3.8) is 0 Å². The van der Waals surface area contributed by atoms with Crippen LogP contribution in [0.25, 0.3) is 11.4 Å². The van der Waals surface area contributed by atoms with Crippen molar-refractivity contribution in [3.8, 4) is 11.4 Å². The molecule has 0 saturated heterocycles.